The van der Waals surface area contributed by atoms with Crippen LogP contribution < -0.4 is 5.73 Å². The second-order valence-corrected chi connectivity index (χ2v) is 21.7. The van der Waals surface area contributed by atoms with E-state index < -0.39 is 13.9 Å². The average Bonchev–Trinajstić information content (AvgIpc) is 3.37. The predicted molar refractivity (Wildman–Crippen MR) is 200 cm³/mol. The maximum absolute atomic E-state index is 12.3. The van der Waals surface area contributed by atoms with Crippen LogP contribution in [-0.2, 0) is 22.1 Å². The molecular formula is C43H61NO3Si. The van der Waals surface area contributed by atoms with Gasteiger partial charge in [0.25, 0.3) is 0 Å². The van der Waals surface area contributed by atoms with Gasteiger partial charge in [-0.1, -0.05) is 126 Å². The van der Waals surface area contributed by atoms with Crippen molar-refractivity contribution in [1.82, 2.24) is 0 Å². The highest BCUT2D eigenvalue weighted by Crippen LogP contribution is 2.67. The van der Waals surface area contributed by atoms with Gasteiger partial charge in [-0.2, -0.15) is 0 Å². The van der Waals surface area contributed by atoms with Crippen molar-refractivity contribution in [3.63, 3.8) is 0 Å². The molecule has 5 heteroatoms. The van der Waals surface area contributed by atoms with Crippen LogP contribution >= 0.6 is 0 Å². The Kier molecular flexibility index (Phi) is 10.2. The monoisotopic (exact) mass is 667 g/mol. The van der Waals surface area contributed by atoms with Gasteiger partial charge < -0.3 is 20.4 Å². The molecule has 260 valence electrons. The summed E-state index contributed by atoms with van der Waals surface area (Å²) in [7, 11) is -2.42. The molecule has 0 radical (unpaired) electrons. The van der Waals surface area contributed by atoms with Gasteiger partial charge in [0.2, 0.25) is 8.32 Å². The number of hydrogen-bond donors (Lipinski definition) is 3. The van der Waals surface area contributed by atoms with Gasteiger partial charge in [-0.15, -0.1) is 0 Å². The molecule has 0 spiro atoms. The van der Waals surface area contributed by atoms with E-state index in [0.717, 1.165) is 62.6 Å². The van der Waals surface area contributed by atoms with E-state index in [2.05, 4.69) is 120 Å². The lowest BCUT2D eigenvalue weighted by atomic mass is 9.48. The number of nitrogens with two attached hydrogens (primary N) is 1. The van der Waals surface area contributed by atoms with Crippen LogP contribution in [0.3, 0.4) is 0 Å². The van der Waals surface area contributed by atoms with Gasteiger partial charge in [-0.25, -0.2) is 0 Å². The molecule has 3 aliphatic rings. The largest absolute Gasteiger partial charge is 0.413 e. The first kappa shape index (κ1) is 35.5. The van der Waals surface area contributed by atoms with E-state index in [0.29, 0.717) is 24.3 Å². The first-order valence-corrected chi connectivity index (χ1v) is 21.1. The zero-order valence-corrected chi connectivity index (χ0v) is 31.2. The number of fused-ring (bicyclic) bond motifs is 1. The van der Waals surface area contributed by atoms with Crippen molar-refractivity contribution in [2.24, 2.45) is 40.2 Å². The first-order chi connectivity index (χ1) is 22.9. The summed E-state index contributed by atoms with van der Waals surface area (Å²) in [5.74, 6) is 1.29. The zero-order valence-electron chi connectivity index (χ0n) is 30.2. The highest BCUT2D eigenvalue weighted by molar-refractivity contribution is 6.75. The first-order valence-electron chi connectivity index (χ1n) is 18.7. The normalized spacial score (nSPS) is 34.1. The molecule has 3 aromatic rings. The van der Waals surface area contributed by atoms with Gasteiger partial charge in [-0.05, 0) is 114 Å². The van der Waals surface area contributed by atoms with Crippen molar-refractivity contribution < 1.29 is 14.6 Å². The Morgan fingerprint density at radius 3 is 1.83 bits per heavy atom. The van der Waals surface area contributed by atoms with Gasteiger partial charge in [0.15, 0.2) is 0 Å². The predicted octanol–water partition coefficient (Wildman–Crippen LogP) is 8.77. The van der Waals surface area contributed by atoms with Gasteiger partial charge in [0, 0.05) is 18.1 Å². The number of aliphatic hydroxyl groups is 2. The smallest absolute Gasteiger partial charge is 0.207 e. The molecule has 0 aliphatic heterocycles. The van der Waals surface area contributed by atoms with Crippen LogP contribution in [-0.4, -0.2) is 37.8 Å². The molecular weight excluding hydrogens is 607 g/mol. The summed E-state index contributed by atoms with van der Waals surface area (Å²) >= 11 is 0. The summed E-state index contributed by atoms with van der Waals surface area (Å²) in [5, 5.41) is 23.5. The van der Waals surface area contributed by atoms with Crippen LogP contribution in [0.2, 0.25) is 5.04 Å². The quantitative estimate of drug-likeness (QED) is 0.189. The summed E-state index contributed by atoms with van der Waals surface area (Å²) in [6.07, 6.45) is 6.92. The molecule has 4 nitrogen and oxygen atoms in total. The third kappa shape index (κ3) is 6.28. The second-order valence-electron chi connectivity index (χ2n) is 17.3. The molecule has 0 aromatic heterocycles. The van der Waals surface area contributed by atoms with Crippen LogP contribution in [0.15, 0.2) is 91.0 Å². The minimum Gasteiger partial charge on any atom is -0.413 e. The summed E-state index contributed by atoms with van der Waals surface area (Å²) in [5.41, 5.74) is 9.46. The Bertz CT molecular complexity index is 1440. The van der Waals surface area contributed by atoms with Crippen LogP contribution in [0.25, 0.3) is 0 Å². The van der Waals surface area contributed by atoms with E-state index in [9.17, 15) is 10.2 Å². The fourth-order valence-corrected chi connectivity index (χ4v) is 15.3. The Balaban J connectivity index is 1.26. The van der Waals surface area contributed by atoms with E-state index in [4.69, 9.17) is 10.2 Å². The van der Waals surface area contributed by atoms with E-state index in [1.807, 2.05) is 6.07 Å². The number of hydrogen-bond acceptors (Lipinski definition) is 4. The van der Waals surface area contributed by atoms with E-state index in [1.165, 1.54) is 11.1 Å². The maximum Gasteiger partial charge on any atom is 0.207 e. The Labute approximate surface area is 291 Å². The Morgan fingerprint density at radius 1 is 0.771 bits per heavy atom. The molecule has 0 heterocycles. The van der Waals surface area contributed by atoms with E-state index in [-0.39, 0.29) is 34.5 Å². The molecule has 0 saturated heterocycles. The molecule has 48 heavy (non-hydrogen) atoms. The van der Waals surface area contributed by atoms with Crippen molar-refractivity contribution in [1.29, 1.82) is 0 Å². The molecule has 0 unspecified atom stereocenters. The topological polar surface area (TPSA) is 75.7 Å². The minimum atomic E-state index is -2.42. The molecule has 3 aromatic carbocycles. The van der Waals surface area contributed by atoms with Crippen molar-refractivity contribution in [2.75, 3.05) is 13.2 Å². The molecule has 4 N–H and O–H groups in total. The van der Waals surface area contributed by atoms with Gasteiger partial charge in [0.05, 0.1) is 5.60 Å². The number of benzene rings is 3. The highest BCUT2D eigenvalue weighted by Gasteiger charge is 2.64. The third-order valence-electron chi connectivity index (χ3n) is 14.1. The Morgan fingerprint density at radius 2 is 1.31 bits per heavy atom. The van der Waals surface area contributed by atoms with Crippen molar-refractivity contribution in [3.8, 4) is 0 Å². The molecule has 6 rings (SSSR count). The van der Waals surface area contributed by atoms with Crippen LogP contribution in [0.1, 0.15) is 96.3 Å². The lowest BCUT2D eigenvalue weighted by Crippen LogP contribution is -2.58. The summed E-state index contributed by atoms with van der Waals surface area (Å²) in [6.45, 7) is 12.8. The molecule has 3 aliphatic carbocycles. The highest BCUT2D eigenvalue weighted by atomic mass is 28.4. The van der Waals surface area contributed by atoms with E-state index >= 15 is 0 Å². The third-order valence-corrected chi connectivity index (χ3v) is 19.6. The lowest BCUT2D eigenvalue weighted by molar-refractivity contribution is -0.143. The van der Waals surface area contributed by atoms with Crippen LogP contribution in [0.5, 0.6) is 0 Å². The summed E-state index contributed by atoms with van der Waals surface area (Å²) < 4.78 is 7.65. The number of rotatable bonds is 10. The molecule has 3 saturated carbocycles. The van der Waals surface area contributed by atoms with E-state index in [1.54, 1.807) is 0 Å². The Hall–Kier alpha value is -2.28. The number of aliphatic hydroxyl groups excluding tert-OH is 1. The van der Waals surface area contributed by atoms with Gasteiger partial charge >= 0.3 is 0 Å². The molecule has 3 fully saturated rings. The molecule has 0 bridgehead atoms. The van der Waals surface area contributed by atoms with Crippen molar-refractivity contribution in [2.45, 2.75) is 108 Å². The lowest BCUT2D eigenvalue weighted by Gasteiger charge is -2.59. The minimum absolute atomic E-state index is 0.0156. The van der Waals surface area contributed by atoms with Crippen molar-refractivity contribution in [3.05, 3.63) is 108 Å². The molecule has 0 amide bonds. The van der Waals surface area contributed by atoms with Gasteiger partial charge in [-0.3, -0.25) is 0 Å². The zero-order chi connectivity index (χ0) is 34.2. The van der Waals surface area contributed by atoms with Gasteiger partial charge in [0.1, 0.15) is 0 Å². The van der Waals surface area contributed by atoms with Crippen LogP contribution in [0, 0.1) is 34.5 Å². The second kappa shape index (κ2) is 13.8. The summed E-state index contributed by atoms with van der Waals surface area (Å²) in [4.78, 5) is 0. The van der Waals surface area contributed by atoms with Crippen molar-refractivity contribution >= 4 is 8.32 Å². The summed E-state index contributed by atoms with van der Waals surface area (Å²) in [6, 6.07) is 34.2. The van der Waals surface area contributed by atoms with Crippen LogP contribution in [0.4, 0.5) is 0 Å². The fourth-order valence-electron chi connectivity index (χ4n) is 10.9. The maximum atomic E-state index is 12.3. The SMILES string of the molecule is CC(C)(C)[Si](Cc1ccccc1)(Cc1ccccc1)O[C@H]1CC[C@](C)([C@H]2CC[C@@]3(C)[C@@H](CC[C@@]3(O)c3ccccc3)[C@@H]2CN)[C@@H](CO)C1. The average molecular weight is 668 g/mol. The standard InChI is InChI=1S/C43H61NO3Si/c1-40(2,3)48(30-32-15-9-6-10-16-32,31-33-17-11-7-12-18-33)47-36-21-24-41(4,35(27-36)29-45)38-22-25-42(5)39(37(38)28-44)23-26-43(42,46)34-19-13-8-14-20-34/h6-20,35-39,45-46H,21-31,44H2,1-5H3/t35-,36+,37-,38+,39+,41+,42+,43-/m1/s1. The fraction of sp³-hybridized carbons (Fsp3) is 0.581. The molecule has 8 atom stereocenters.